The molecular weight excluding hydrogens is 408 g/mol. The number of hydrogen-bond acceptors (Lipinski definition) is 2. The summed E-state index contributed by atoms with van der Waals surface area (Å²) in [7, 11) is 0. The van der Waals surface area contributed by atoms with Crippen LogP contribution in [0.3, 0.4) is 0 Å². The standard InChI is InChI=1S/C29H36N2O2/c1-5-26(28(33)30-29(2,3)4)31(21-20-22-12-7-6-8-13-22)27(32)19-18-24-16-11-15-23-14-9-10-17-25(23)24/h6-17,26H,5,18-21H2,1-4H3,(H,30,33)/t26-/m0/s1. The van der Waals surface area contributed by atoms with E-state index >= 15 is 0 Å². The number of carbonyl (C=O) groups is 2. The second-order valence-electron chi connectivity index (χ2n) is 9.62. The molecule has 3 rings (SSSR count). The SMILES string of the molecule is CC[C@@H](C(=O)NC(C)(C)C)N(CCc1ccccc1)C(=O)CCc1cccc2ccccc12. The van der Waals surface area contributed by atoms with Crippen molar-refractivity contribution >= 4 is 22.6 Å². The number of nitrogens with zero attached hydrogens (tertiary/aromatic N) is 1. The van der Waals surface area contributed by atoms with E-state index in [1.54, 1.807) is 4.90 Å². The average molecular weight is 445 g/mol. The van der Waals surface area contributed by atoms with Crippen LogP contribution in [0.15, 0.2) is 72.8 Å². The van der Waals surface area contributed by atoms with Crippen LogP contribution in [0.2, 0.25) is 0 Å². The number of nitrogens with one attached hydrogen (secondary N) is 1. The molecule has 0 radical (unpaired) electrons. The molecule has 0 saturated carbocycles. The molecule has 1 N–H and O–H groups in total. The summed E-state index contributed by atoms with van der Waals surface area (Å²) in [4.78, 5) is 28.4. The predicted octanol–water partition coefficient (Wildman–Crippen LogP) is 5.54. The van der Waals surface area contributed by atoms with E-state index in [2.05, 4.69) is 41.7 Å². The van der Waals surface area contributed by atoms with Gasteiger partial charge in [-0.15, -0.1) is 0 Å². The zero-order valence-electron chi connectivity index (χ0n) is 20.3. The molecule has 0 aromatic heterocycles. The first-order chi connectivity index (χ1) is 15.8. The number of rotatable bonds is 9. The summed E-state index contributed by atoms with van der Waals surface area (Å²) in [6, 6.07) is 24.1. The van der Waals surface area contributed by atoms with Crippen LogP contribution in [0.1, 0.15) is 51.7 Å². The maximum absolute atomic E-state index is 13.5. The van der Waals surface area contributed by atoms with Gasteiger partial charge in [0.05, 0.1) is 0 Å². The Labute approximate surface area is 198 Å². The van der Waals surface area contributed by atoms with E-state index in [9.17, 15) is 9.59 Å². The third-order valence-corrected chi connectivity index (χ3v) is 5.86. The number of carbonyl (C=O) groups excluding carboxylic acids is 2. The first-order valence-corrected chi connectivity index (χ1v) is 11.9. The van der Waals surface area contributed by atoms with E-state index in [1.165, 1.54) is 10.8 Å². The minimum absolute atomic E-state index is 0.0229. The third-order valence-electron chi connectivity index (χ3n) is 5.86. The van der Waals surface area contributed by atoms with Gasteiger partial charge in [0, 0.05) is 18.5 Å². The zero-order valence-corrected chi connectivity index (χ0v) is 20.3. The van der Waals surface area contributed by atoms with Gasteiger partial charge < -0.3 is 10.2 Å². The van der Waals surface area contributed by atoms with Crippen LogP contribution in [0.4, 0.5) is 0 Å². The van der Waals surface area contributed by atoms with Crippen molar-refractivity contribution in [1.82, 2.24) is 10.2 Å². The summed E-state index contributed by atoms with van der Waals surface area (Å²) in [6.07, 6.45) is 2.33. The second-order valence-corrected chi connectivity index (χ2v) is 9.62. The van der Waals surface area contributed by atoms with Crippen molar-refractivity contribution in [2.45, 2.75) is 65.0 Å². The molecule has 174 valence electrons. The molecule has 4 heteroatoms. The zero-order chi connectivity index (χ0) is 23.8. The van der Waals surface area contributed by atoms with Gasteiger partial charge in [-0.3, -0.25) is 9.59 Å². The Morgan fingerprint density at radius 2 is 1.55 bits per heavy atom. The minimum Gasteiger partial charge on any atom is -0.350 e. The Bertz CT molecular complexity index is 1060. The Hall–Kier alpha value is -3.14. The maximum atomic E-state index is 13.5. The molecule has 3 aromatic rings. The molecule has 4 nitrogen and oxygen atoms in total. The highest BCUT2D eigenvalue weighted by Crippen LogP contribution is 2.21. The van der Waals surface area contributed by atoms with Gasteiger partial charge in [-0.2, -0.15) is 0 Å². The molecule has 0 bridgehead atoms. The molecule has 0 fully saturated rings. The van der Waals surface area contributed by atoms with Crippen molar-refractivity contribution in [1.29, 1.82) is 0 Å². The number of fused-ring (bicyclic) bond motifs is 1. The van der Waals surface area contributed by atoms with Crippen LogP contribution in [-0.4, -0.2) is 34.8 Å². The van der Waals surface area contributed by atoms with Gasteiger partial charge in [-0.1, -0.05) is 79.7 Å². The Balaban J connectivity index is 1.78. The molecule has 0 aliphatic heterocycles. The lowest BCUT2D eigenvalue weighted by Gasteiger charge is -2.33. The molecule has 33 heavy (non-hydrogen) atoms. The molecule has 0 heterocycles. The monoisotopic (exact) mass is 444 g/mol. The average Bonchev–Trinajstić information content (AvgIpc) is 2.79. The van der Waals surface area contributed by atoms with Crippen molar-refractivity contribution in [3.8, 4) is 0 Å². The summed E-state index contributed by atoms with van der Waals surface area (Å²) in [5, 5.41) is 5.43. The number of aryl methyl sites for hydroxylation is 1. The van der Waals surface area contributed by atoms with Crippen molar-refractivity contribution in [2.24, 2.45) is 0 Å². The highest BCUT2D eigenvalue weighted by molar-refractivity contribution is 5.89. The van der Waals surface area contributed by atoms with Crippen LogP contribution < -0.4 is 5.32 Å². The lowest BCUT2D eigenvalue weighted by Crippen LogP contribution is -2.54. The minimum atomic E-state index is -0.479. The molecule has 0 spiro atoms. The highest BCUT2D eigenvalue weighted by Gasteiger charge is 2.30. The van der Waals surface area contributed by atoms with Gasteiger partial charge in [0.15, 0.2) is 0 Å². The first kappa shape index (κ1) is 24.5. The van der Waals surface area contributed by atoms with E-state index in [-0.39, 0.29) is 17.4 Å². The molecule has 0 aliphatic carbocycles. The van der Waals surface area contributed by atoms with Gasteiger partial charge in [0.2, 0.25) is 11.8 Å². The van der Waals surface area contributed by atoms with Crippen molar-refractivity contribution in [2.75, 3.05) is 6.54 Å². The first-order valence-electron chi connectivity index (χ1n) is 11.9. The lowest BCUT2D eigenvalue weighted by atomic mass is 10.00. The van der Waals surface area contributed by atoms with Gasteiger partial charge >= 0.3 is 0 Å². The van der Waals surface area contributed by atoms with E-state index in [4.69, 9.17) is 0 Å². The molecule has 3 aromatic carbocycles. The maximum Gasteiger partial charge on any atom is 0.243 e. The van der Waals surface area contributed by atoms with Crippen LogP contribution in [0, 0.1) is 0 Å². The number of benzene rings is 3. The van der Waals surface area contributed by atoms with Crippen LogP contribution in [0.25, 0.3) is 10.8 Å². The van der Waals surface area contributed by atoms with Gasteiger partial charge in [-0.25, -0.2) is 0 Å². The van der Waals surface area contributed by atoms with Crippen LogP contribution in [0.5, 0.6) is 0 Å². The molecule has 0 unspecified atom stereocenters. The fourth-order valence-electron chi connectivity index (χ4n) is 4.24. The second kappa shape index (κ2) is 11.1. The number of amides is 2. The van der Waals surface area contributed by atoms with Crippen molar-refractivity contribution in [3.05, 3.63) is 83.9 Å². The Kier molecular flexibility index (Phi) is 8.26. The fraction of sp³-hybridized carbons (Fsp3) is 0.379. The predicted molar refractivity (Wildman–Crippen MR) is 136 cm³/mol. The molecule has 1 atom stereocenters. The quantitative estimate of drug-likeness (QED) is 0.471. The van der Waals surface area contributed by atoms with E-state index in [0.717, 1.165) is 17.5 Å². The number of hydrogen-bond donors (Lipinski definition) is 1. The van der Waals surface area contributed by atoms with E-state index in [1.807, 2.05) is 64.1 Å². The van der Waals surface area contributed by atoms with Crippen molar-refractivity contribution < 1.29 is 9.59 Å². The topological polar surface area (TPSA) is 49.4 Å². The van der Waals surface area contributed by atoms with Crippen LogP contribution in [-0.2, 0) is 22.4 Å². The van der Waals surface area contributed by atoms with Crippen molar-refractivity contribution in [3.63, 3.8) is 0 Å². The molecular formula is C29H36N2O2. The van der Waals surface area contributed by atoms with E-state index in [0.29, 0.717) is 25.8 Å². The molecule has 2 amide bonds. The Morgan fingerprint density at radius 3 is 2.24 bits per heavy atom. The molecule has 0 aliphatic rings. The van der Waals surface area contributed by atoms with Crippen LogP contribution >= 0.6 is 0 Å². The Morgan fingerprint density at radius 1 is 0.879 bits per heavy atom. The van der Waals surface area contributed by atoms with Gasteiger partial charge in [0.1, 0.15) is 6.04 Å². The summed E-state index contributed by atoms with van der Waals surface area (Å²) in [5.74, 6) is -0.0636. The summed E-state index contributed by atoms with van der Waals surface area (Å²) >= 11 is 0. The molecule has 0 saturated heterocycles. The van der Waals surface area contributed by atoms with E-state index < -0.39 is 6.04 Å². The fourth-order valence-corrected chi connectivity index (χ4v) is 4.24. The highest BCUT2D eigenvalue weighted by atomic mass is 16.2. The van der Waals surface area contributed by atoms with Gasteiger partial charge in [0.25, 0.3) is 0 Å². The normalized spacial score (nSPS) is 12.4. The third kappa shape index (κ3) is 6.92. The lowest BCUT2D eigenvalue weighted by molar-refractivity contribution is -0.141. The van der Waals surface area contributed by atoms with Gasteiger partial charge in [-0.05, 0) is 61.9 Å². The summed E-state index contributed by atoms with van der Waals surface area (Å²) in [6.45, 7) is 8.39. The summed E-state index contributed by atoms with van der Waals surface area (Å²) in [5.41, 5.74) is 1.98. The largest absolute Gasteiger partial charge is 0.350 e. The smallest absolute Gasteiger partial charge is 0.243 e. The summed E-state index contributed by atoms with van der Waals surface area (Å²) < 4.78 is 0.